The summed E-state index contributed by atoms with van der Waals surface area (Å²) in [6.45, 7) is 2.28. The highest BCUT2D eigenvalue weighted by Gasteiger charge is 2.12. The molecule has 0 aliphatic carbocycles. The number of hydrogen-bond donors (Lipinski definition) is 2. The lowest BCUT2D eigenvalue weighted by molar-refractivity contribution is 0.0950. The number of aryl methyl sites for hydroxylation is 1. The maximum Gasteiger partial charge on any atom is 0.286 e. The van der Waals surface area contributed by atoms with Gasteiger partial charge in [-0.2, -0.15) is 0 Å². The Hall–Kier alpha value is -4.59. The molecule has 0 aliphatic rings. The van der Waals surface area contributed by atoms with E-state index >= 15 is 0 Å². The summed E-state index contributed by atoms with van der Waals surface area (Å²) < 4.78 is 29.3. The molecule has 0 fully saturated rings. The summed E-state index contributed by atoms with van der Waals surface area (Å²) in [6.07, 6.45) is 5.45. The molecule has 6 nitrogen and oxygen atoms in total. The molecule has 5 aromatic rings. The van der Waals surface area contributed by atoms with Gasteiger partial charge in [0.05, 0.1) is 6.54 Å². The van der Waals surface area contributed by atoms with Crippen LogP contribution >= 0.6 is 0 Å². The van der Waals surface area contributed by atoms with Gasteiger partial charge in [0.2, 0.25) is 0 Å². The molecular weight excluding hydrogens is 474 g/mol. The van der Waals surface area contributed by atoms with E-state index in [0.717, 1.165) is 33.7 Å². The van der Waals surface area contributed by atoms with Crippen LogP contribution in [0.2, 0.25) is 0 Å². The molecule has 0 unspecified atom stereocenters. The number of nitrogens with zero attached hydrogens (tertiary/aromatic N) is 2. The molecule has 37 heavy (non-hydrogen) atoms. The summed E-state index contributed by atoms with van der Waals surface area (Å²) in [5.74, 6) is -1.48. The molecule has 0 bridgehead atoms. The lowest BCUT2D eigenvalue weighted by Gasteiger charge is -2.09. The number of fused-ring (bicyclic) bond motifs is 1. The molecular formula is C29H24F2N4O2. The molecule has 0 radical (unpaired) electrons. The van der Waals surface area contributed by atoms with Gasteiger partial charge in [-0.15, -0.1) is 0 Å². The van der Waals surface area contributed by atoms with Gasteiger partial charge in [0.25, 0.3) is 11.5 Å². The van der Waals surface area contributed by atoms with Crippen molar-refractivity contribution >= 4 is 16.8 Å². The first kappa shape index (κ1) is 24.1. The number of aromatic amines is 1. The maximum absolute atomic E-state index is 14.5. The van der Waals surface area contributed by atoms with Gasteiger partial charge in [0, 0.05) is 59.3 Å². The van der Waals surface area contributed by atoms with Gasteiger partial charge < -0.3 is 14.9 Å². The second-order valence-corrected chi connectivity index (χ2v) is 8.96. The van der Waals surface area contributed by atoms with Crippen molar-refractivity contribution in [2.24, 2.45) is 0 Å². The van der Waals surface area contributed by atoms with Gasteiger partial charge >= 0.3 is 0 Å². The lowest BCUT2D eigenvalue weighted by atomic mass is 10.1. The van der Waals surface area contributed by atoms with Crippen molar-refractivity contribution in [3.63, 3.8) is 0 Å². The molecule has 186 valence electrons. The third kappa shape index (κ3) is 5.33. The van der Waals surface area contributed by atoms with E-state index in [4.69, 9.17) is 0 Å². The summed E-state index contributed by atoms with van der Waals surface area (Å²) >= 11 is 0. The highest BCUT2D eigenvalue weighted by Crippen LogP contribution is 2.22. The highest BCUT2D eigenvalue weighted by molar-refractivity contribution is 5.94. The molecule has 1 amide bonds. The van der Waals surface area contributed by atoms with E-state index in [-0.39, 0.29) is 24.8 Å². The van der Waals surface area contributed by atoms with Crippen LogP contribution in [0.25, 0.3) is 10.9 Å². The molecule has 0 aliphatic heterocycles. The van der Waals surface area contributed by atoms with Crippen molar-refractivity contribution in [3.05, 3.63) is 135 Å². The number of halogens is 2. The van der Waals surface area contributed by atoms with Gasteiger partial charge in [-0.25, -0.2) is 8.78 Å². The van der Waals surface area contributed by atoms with E-state index in [1.54, 1.807) is 30.6 Å². The van der Waals surface area contributed by atoms with Crippen molar-refractivity contribution < 1.29 is 13.6 Å². The Morgan fingerprint density at radius 1 is 1.03 bits per heavy atom. The Morgan fingerprint density at radius 2 is 1.81 bits per heavy atom. The van der Waals surface area contributed by atoms with Gasteiger partial charge in [0.15, 0.2) is 5.82 Å². The minimum absolute atomic E-state index is 0.0682. The zero-order valence-electron chi connectivity index (χ0n) is 20.1. The van der Waals surface area contributed by atoms with E-state index in [0.29, 0.717) is 23.2 Å². The highest BCUT2D eigenvalue weighted by atomic mass is 19.1. The van der Waals surface area contributed by atoms with E-state index in [9.17, 15) is 18.4 Å². The average Bonchev–Trinajstić information content (AvgIpc) is 3.25. The molecule has 0 spiro atoms. The number of pyridine rings is 2. The number of H-pyrrole nitrogens is 1. The van der Waals surface area contributed by atoms with Crippen LogP contribution in [0.3, 0.4) is 0 Å². The van der Waals surface area contributed by atoms with Crippen LogP contribution in [0.4, 0.5) is 8.78 Å². The van der Waals surface area contributed by atoms with Crippen molar-refractivity contribution in [2.75, 3.05) is 0 Å². The largest absolute Gasteiger partial charge is 0.361 e. The number of carbonyl (C=O) groups excluding carboxylic acids is 1. The summed E-state index contributed by atoms with van der Waals surface area (Å²) in [7, 11) is 0. The fraction of sp³-hybridized carbons (Fsp3) is 0.138. The zero-order chi connectivity index (χ0) is 25.9. The molecule has 0 saturated heterocycles. The fourth-order valence-corrected chi connectivity index (χ4v) is 4.26. The molecule has 8 heteroatoms. The van der Waals surface area contributed by atoms with Crippen LogP contribution in [-0.2, 0) is 19.5 Å². The first-order valence-corrected chi connectivity index (χ1v) is 11.8. The van der Waals surface area contributed by atoms with Gasteiger partial charge in [-0.05, 0) is 60.0 Å². The fourth-order valence-electron chi connectivity index (χ4n) is 4.26. The third-order valence-electron chi connectivity index (χ3n) is 6.31. The lowest BCUT2D eigenvalue weighted by Crippen LogP contribution is -2.23. The molecule has 3 aromatic heterocycles. The third-order valence-corrected chi connectivity index (χ3v) is 6.31. The van der Waals surface area contributed by atoms with E-state index < -0.39 is 11.4 Å². The molecule has 5 rings (SSSR count). The Bertz CT molecular complexity index is 1660. The van der Waals surface area contributed by atoms with Crippen LogP contribution < -0.4 is 10.9 Å². The molecule has 3 heterocycles. The van der Waals surface area contributed by atoms with Crippen molar-refractivity contribution in [1.29, 1.82) is 0 Å². The topological polar surface area (TPSA) is 79.8 Å². The predicted octanol–water partition coefficient (Wildman–Crippen LogP) is 4.88. The quantitative estimate of drug-likeness (QED) is 0.336. The van der Waals surface area contributed by atoms with Crippen LogP contribution in [-0.4, -0.2) is 20.4 Å². The van der Waals surface area contributed by atoms with Gasteiger partial charge in [-0.3, -0.25) is 14.6 Å². The normalized spacial score (nSPS) is 11.1. The zero-order valence-corrected chi connectivity index (χ0v) is 20.1. The van der Waals surface area contributed by atoms with E-state index in [1.165, 1.54) is 16.7 Å². The SMILES string of the molecule is Cc1c[nH]c2cc(F)c(CNC(=O)c3ccnc(Cc4ccc(Cn5cccc(F)c5=O)cc4)c3)cc12. The average molecular weight is 499 g/mol. The number of benzene rings is 2. The first-order chi connectivity index (χ1) is 17.9. The Labute approximate surface area is 211 Å². The number of carbonyl (C=O) groups is 1. The standard InChI is InChI=1S/C29H24F2N4O2/c1-18-15-33-27-14-26(31)22(13-24(18)27)16-34-28(36)21-8-9-32-23(12-21)11-19-4-6-20(7-5-19)17-35-10-2-3-25(30)29(35)37/h2-10,12-15,33H,11,16-17H2,1H3,(H,34,36). The van der Waals surface area contributed by atoms with Gasteiger partial charge in [-0.1, -0.05) is 24.3 Å². The second kappa shape index (κ2) is 10.2. The van der Waals surface area contributed by atoms with Crippen LogP contribution in [0.1, 0.15) is 38.3 Å². The Morgan fingerprint density at radius 3 is 2.62 bits per heavy atom. The number of amides is 1. The number of rotatable bonds is 7. The minimum atomic E-state index is -0.781. The van der Waals surface area contributed by atoms with Crippen molar-refractivity contribution in [1.82, 2.24) is 19.9 Å². The molecule has 0 atom stereocenters. The summed E-state index contributed by atoms with van der Waals surface area (Å²) in [5, 5.41) is 3.71. The molecule has 2 aromatic carbocycles. The van der Waals surface area contributed by atoms with Crippen molar-refractivity contribution in [3.8, 4) is 0 Å². The number of nitrogens with one attached hydrogen (secondary N) is 2. The Balaban J connectivity index is 1.23. The smallest absolute Gasteiger partial charge is 0.286 e. The monoisotopic (exact) mass is 498 g/mol. The molecule has 2 N–H and O–H groups in total. The first-order valence-electron chi connectivity index (χ1n) is 11.8. The van der Waals surface area contributed by atoms with Crippen LogP contribution in [0.15, 0.2) is 84.0 Å². The van der Waals surface area contributed by atoms with Crippen molar-refractivity contribution in [2.45, 2.75) is 26.4 Å². The number of aromatic nitrogens is 3. The predicted molar refractivity (Wildman–Crippen MR) is 137 cm³/mol. The minimum Gasteiger partial charge on any atom is -0.361 e. The van der Waals surface area contributed by atoms with E-state index in [1.807, 2.05) is 37.4 Å². The van der Waals surface area contributed by atoms with Crippen LogP contribution in [0.5, 0.6) is 0 Å². The van der Waals surface area contributed by atoms with Crippen LogP contribution in [0, 0.1) is 18.6 Å². The summed E-state index contributed by atoms with van der Waals surface area (Å²) in [5.41, 5.74) is 4.46. The number of hydrogen-bond acceptors (Lipinski definition) is 3. The second-order valence-electron chi connectivity index (χ2n) is 8.96. The van der Waals surface area contributed by atoms with E-state index in [2.05, 4.69) is 15.3 Å². The Kier molecular flexibility index (Phi) is 6.64. The summed E-state index contributed by atoms with van der Waals surface area (Å²) in [4.78, 5) is 32.1. The summed E-state index contributed by atoms with van der Waals surface area (Å²) in [6, 6.07) is 16.7. The molecule has 0 saturated carbocycles. The maximum atomic E-state index is 14.5. The van der Waals surface area contributed by atoms with Gasteiger partial charge in [0.1, 0.15) is 5.82 Å².